The van der Waals surface area contributed by atoms with Crippen molar-refractivity contribution in [2.45, 2.75) is 62.4 Å². The highest BCUT2D eigenvalue weighted by atomic mass is 32.2. The molecule has 0 amide bonds. The molecule has 17 nitrogen and oxygen atoms in total. The van der Waals surface area contributed by atoms with E-state index in [1.807, 2.05) is 36.4 Å². The van der Waals surface area contributed by atoms with Gasteiger partial charge < -0.3 is 47.3 Å². The molecule has 0 saturated carbocycles. The Labute approximate surface area is 322 Å². The van der Waals surface area contributed by atoms with Gasteiger partial charge in [-0.25, -0.2) is 27.1 Å². The van der Waals surface area contributed by atoms with Gasteiger partial charge in [-0.05, 0) is 72.5 Å². The number of nitrogens with one attached hydrogen (secondary N) is 2. The van der Waals surface area contributed by atoms with E-state index in [2.05, 4.69) is 24.5 Å². The highest BCUT2D eigenvalue weighted by Gasteiger charge is 2.22. The van der Waals surface area contributed by atoms with Crippen molar-refractivity contribution in [3.8, 4) is 23.0 Å². The molecular formula is C36H52N6O11S2. The smallest absolute Gasteiger partial charge is 0.290 e. The average molecular weight is 809 g/mol. The van der Waals surface area contributed by atoms with E-state index in [1.54, 1.807) is 36.4 Å². The van der Waals surface area contributed by atoms with Gasteiger partial charge >= 0.3 is 0 Å². The highest BCUT2D eigenvalue weighted by molar-refractivity contribution is 7.89. The third-order valence-corrected chi connectivity index (χ3v) is 8.76. The molecule has 0 aliphatic rings. The third kappa shape index (κ3) is 18.1. The molecule has 0 aromatic heterocycles. The summed E-state index contributed by atoms with van der Waals surface area (Å²) in [5, 5.41) is 31.0. The lowest BCUT2D eigenvalue weighted by atomic mass is 10.1. The molecule has 0 heterocycles. The Hall–Kier alpha value is -5.28. The number of sulfonamides is 2. The number of unbranched alkanes of at least 4 members (excludes halogenated alkanes) is 2. The fraction of sp³-hybridized carbons (Fsp3) is 0.278. The van der Waals surface area contributed by atoms with Gasteiger partial charge in [0, 0.05) is 26.2 Å². The van der Waals surface area contributed by atoms with Crippen LogP contribution in [0.15, 0.2) is 94.7 Å². The number of para-hydroxylation sites is 2. The monoisotopic (exact) mass is 808 g/mol. The number of carboxylic acid groups (broad SMARTS) is 2. The van der Waals surface area contributed by atoms with Crippen LogP contribution in [-0.4, -0.2) is 58.6 Å². The summed E-state index contributed by atoms with van der Waals surface area (Å²) in [5.74, 6) is 1.44. The summed E-state index contributed by atoms with van der Waals surface area (Å²) in [6, 6.07) is 24.4. The Kier molecular flexibility index (Phi) is 23.9. The minimum atomic E-state index is -3.96. The van der Waals surface area contributed by atoms with Crippen molar-refractivity contribution in [3.05, 3.63) is 96.1 Å². The Balaban J connectivity index is 0.000000913. The quantitative estimate of drug-likeness (QED) is 0.0582. The van der Waals surface area contributed by atoms with E-state index in [0.29, 0.717) is 47.1 Å². The zero-order valence-corrected chi connectivity index (χ0v) is 32.3. The van der Waals surface area contributed by atoms with E-state index in [9.17, 15) is 16.8 Å². The number of nitrogens with two attached hydrogens (primary N) is 4. The molecule has 0 aliphatic heterocycles. The number of benzene rings is 4. The number of hydrogen-bond donors (Lipinski definition) is 8. The molecule has 0 atom stereocenters. The predicted octanol–water partition coefficient (Wildman–Crippen LogP) is 4.17. The minimum absolute atomic E-state index is 0. The van der Waals surface area contributed by atoms with Gasteiger partial charge in [0.25, 0.3) is 12.9 Å². The van der Waals surface area contributed by atoms with Crippen molar-refractivity contribution in [2.24, 2.45) is 21.7 Å². The first-order chi connectivity index (χ1) is 25.7. The summed E-state index contributed by atoms with van der Waals surface area (Å²) in [6.07, 6.45) is 3.92. The van der Waals surface area contributed by atoms with Gasteiger partial charge in [0.15, 0.2) is 11.5 Å². The molecule has 4 rings (SSSR count). The molecular weight excluding hydrogens is 757 g/mol. The zero-order chi connectivity index (χ0) is 40.6. The van der Waals surface area contributed by atoms with Gasteiger partial charge in [0.1, 0.15) is 21.3 Å². The molecule has 0 radical (unpaired) electrons. The first kappa shape index (κ1) is 49.7. The molecule has 0 aliphatic carbocycles. The molecule has 55 heavy (non-hydrogen) atoms. The van der Waals surface area contributed by atoms with E-state index < -0.39 is 20.0 Å². The largest absolute Gasteiger partial charge is 0.483 e. The van der Waals surface area contributed by atoms with Crippen LogP contribution in [0.5, 0.6) is 23.0 Å². The van der Waals surface area contributed by atoms with Crippen LogP contribution in [0.3, 0.4) is 0 Å². The molecule has 0 unspecified atom stereocenters. The second-order valence-corrected chi connectivity index (χ2v) is 14.1. The number of rotatable bonds is 16. The van der Waals surface area contributed by atoms with Crippen LogP contribution >= 0.6 is 0 Å². The SMILES string of the molecule is CCCCNc1cc(CN)cc(S(N)(=O)=O)c1Oc1ccccc1.CCCCNc1cc(CN)cc(S(N)(=O)=O)c1Oc1ccccc1.O.O=CO.O=CO. The van der Waals surface area contributed by atoms with Crippen molar-refractivity contribution in [1.82, 2.24) is 0 Å². The second-order valence-electron chi connectivity index (χ2n) is 11.0. The van der Waals surface area contributed by atoms with Crippen LogP contribution < -0.4 is 41.9 Å². The number of primary sulfonamides is 2. The topological polar surface area (TPSA) is 321 Å². The van der Waals surface area contributed by atoms with Crippen LogP contribution in [-0.2, 0) is 42.7 Å². The highest BCUT2D eigenvalue weighted by Crippen LogP contribution is 2.38. The van der Waals surface area contributed by atoms with Crippen molar-refractivity contribution in [3.63, 3.8) is 0 Å². The molecule has 4 aromatic rings. The van der Waals surface area contributed by atoms with Crippen molar-refractivity contribution in [1.29, 1.82) is 0 Å². The van der Waals surface area contributed by atoms with Crippen LogP contribution in [0, 0.1) is 0 Å². The molecule has 14 N–H and O–H groups in total. The fourth-order valence-electron chi connectivity index (χ4n) is 4.46. The van der Waals surface area contributed by atoms with E-state index in [-0.39, 0.29) is 52.8 Å². The van der Waals surface area contributed by atoms with Gasteiger partial charge in [-0.2, -0.15) is 0 Å². The molecule has 19 heteroatoms. The van der Waals surface area contributed by atoms with Crippen molar-refractivity contribution < 1.29 is 51.6 Å². The number of carbonyl (C=O) groups is 2. The Morgan fingerprint density at radius 2 is 0.927 bits per heavy atom. The summed E-state index contributed by atoms with van der Waals surface area (Å²) in [5.41, 5.74) is 13.8. The Morgan fingerprint density at radius 3 is 1.18 bits per heavy atom. The third-order valence-electron chi connectivity index (χ3n) is 6.93. The Bertz CT molecular complexity index is 1800. The number of ether oxygens (including phenoxy) is 2. The maximum absolute atomic E-state index is 12.0. The molecule has 0 fully saturated rings. The van der Waals surface area contributed by atoms with Gasteiger partial charge in [-0.3, -0.25) is 9.59 Å². The Morgan fingerprint density at radius 1 is 0.618 bits per heavy atom. The lowest BCUT2D eigenvalue weighted by Gasteiger charge is -2.17. The average Bonchev–Trinajstić information content (AvgIpc) is 3.13. The molecule has 304 valence electrons. The maximum Gasteiger partial charge on any atom is 0.290 e. The molecule has 4 aromatic carbocycles. The van der Waals surface area contributed by atoms with Crippen LogP contribution in [0.4, 0.5) is 11.4 Å². The van der Waals surface area contributed by atoms with E-state index in [1.165, 1.54) is 12.1 Å². The molecule has 0 bridgehead atoms. The lowest BCUT2D eigenvalue weighted by Crippen LogP contribution is -2.16. The summed E-state index contributed by atoms with van der Waals surface area (Å²) in [4.78, 5) is 16.6. The maximum atomic E-state index is 12.0. The first-order valence-corrected chi connectivity index (χ1v) is 19.7. The first-order valence-electron chi connectivity index (χ1n) is 16.6. The van der Waals surface area contributed by atoms with E-state index in [4.69, 9.17) is 51.0 Å². The molecule has 0 saturated heterocycles. The van der Waals surface area contributed by atoms with Gasteiger partial charge in [-0.15, -0.1) is 0 Å². The molecule has 0 spiro atoms. The summed E-state index contributed by atoms with van der Waals surface area (Å²) in [6.45, 7) is 5.46. The number of anilines is 2. The van der Waals surface area contributed by atoms with Crippen LogP contribution in [0.1, 0.15) is 50.7 Å². The summed E-state index contributed by atoms with van der Waals surface area (Å²) < 4.78 is 59.8. The van der Waals surface area contributed by atoms with Crippen molar-refractivity contribution in [2.75, 3.05) is 23.7 Å². The predicted molar refractivity (Wildman–Crippen MR) is 212 cm³/mol. The zero-order valence-electron chi connectivity index (χ0n) is 30.7. The van der Waals surface area contributed by atoms with Gasteiger partial charge in [0.05, 0.1) is 11.4 Å². The lowest BCUT2D eigenvalue weighted by molar-refractivity contribution is -0.123. The summed E-state index contributed by atoms with van der Waals surface area (Å²) in [7, 11) is -7.92. The van der Waals surface area contributed by atoms with Crippen LogP contribution in [0.2, 0.25) is 0 Å². The minimum Gasteiger partial charge on any atom is -0.483 e. The fourth-order valence-corrected chi connectivity index (χ4v) is 5.91. The van der Waals surface area contributed by atoms with Crippen molar-refractivity contribution >= 4 is 44.4 Å². The summed E-state index contributed by atoms with van der Waals surface area (Å²) >= 11 is 0. The number of hydrogen-bond acceptors (Lipinski definition) is 12. The van der Waals surface area contributed by atoms with E-state index in [0.717, 1.165) is 25.7 Å². The van der Waals surface area contributed by atoms with Gasteiger partial charge in [-0.1, -0.05) is 63.1 Å². The van der Waals surface area contributed by atoms with E-state index >= 15 is 0 Å². The van der Waals surface area contributed by atoms with Crippen LogP contribution in [0.25, 0.3) is 0 Å². The normalized spacial score (nSPS) is 10.3. The van der Waals surface area contributed by atoms with Gasteiger partial charge in [0.2, 0.25) is 20.0 Å². The second kappa shape index (κ2) is 26.5. The standard InChI is InChI=1S/2C17H23N3O3S.2CH2O2.H2O/c2*1-2-3-9-20-15-10-13(12-18)11-16(24(19,21)22)17(15)23-14-7-5-4-6-8-14;2*2-1-3;/h2*4-8,10-11,20H,2-3,9,12,18H2,1H3,(H2,19,21,22);2*1H,(H,2,3);1H2.